The zero-order valence-corrected chi connectivity index (χ0v) is 14.3. The fourth-order valence-corrected chi connectivity index (χ4v) is 2.69. The lowest BCUT2D eigenvalue weighted by atomic mass is 10.3. The lowest BCUT2D eigenvalue weighted by Crippen LogP contribution is -2.04. The molecule has 6 heteroatoms. The molecule has 1 saturated carbocycles. The third-order valence-corrected chi connectivity index (χ3v) is 4.16. The molecule has 1 aromatic carbocycles. The number of hydrogen-bond donors (Lipinski definition) is 0. The zero-order valence-electron chi connectivity index (χ0n) is 14.3. The first-order valence-corrected chi connectivity index (χ1v) is 8.55. The third-order valence-electron chi connectivity index (χ3n) is 4.16. The molecule has 4 rings (SSSR count). The van der Waals surface area contributed by atoms with Crippen molar-refractivity contribution in [1.82, 2.24) is 20.0 Å². The van der Waals surface area contributed by atoms with Gasteiger partial charge in [-0.3, -0.25) is 0 Å². The Hall–Kier alpha value is -2.89. The van der Waals surface area contributed by atoms with E-state index in [-0.39, 0.29) is 0 Å². The smallest absolute Gasteiger partial charge is 0.277 e. The minimum atomic E-state index is 0.455. The molecule has 128 valence electrons. The third kappa shape index (κ3) is 3.20. The summed E-state index contributed by atoms with van der Waals surface area (Å²) in [5.74, 6) is 3.03. The monoisotopic (exact) mass is 336 g/mol. The second kappa shape index (κ2) is 6.55. The Balaban J connectivity index is 1.69. The van der Waals surface area contributed by atoms with Crippen molar-refractivity contribution in [3.05, 3.63) is 53.9 Å². The molecule has 0 spiro atoms. The van der Waals surface area contributed by atoms with Crippen molar-refractivity contribution in [2.75, 3.05) is 6.61 Å². The highest BCUT2D eigenvalue weighted by atomic mass is 16.5. The van der Waals surface area contributed by atoms with Crippen molar-refractivity contribution in [2.24, 2.45) is 0 Å². The predicted molar refractivity (Wildman–Crippen MR) is 93.6 cm³/mol. The van der Waals surface area contributed by atoms with Gasteiger partial charge in [0.25, 0.3) is 5.88 Å². The van der Waals surface area contributed by atoms with E-state index in [2.05, 4.69) is 15.3 Å². The molecule has 1 fully saturated rings. The maximum atomic E-state index is 6.01. The minimum absolute atomic E-state index is 0.455. The number of para-hydroxylation sites is 1. The molecule has 0 bridgehead atoms. The molecule has 0 saturated heterocycles. The van der Waals surface area contributed by atoms with Gasteiger partial charge >= 0.3 is 0 Å². The Morgan fingerprint density at radius 2 is 1.88 bits per heavy atom. The second-order valence-electron chi connectivity index (χ2n) is 6.07. The van der Waals surface area contributed by atoms with Crippen molar-refractivity contribution in [3.8, 4) is 23.2 Å². The van der Waals surface area contributed by atoms with Crippen molar-refractivity contribution >= 4 is 0 Å². The van der Waals surface area contributed by atoms with Gasteiger partial charge in [0.05, 0.1) is 18.0 Å². The van der Waals surface area contributed by atoms with Crippen LogP contribution in [-0.4, -0.2) is 26.6 Å². The summed E-state index contributed by atoms with van der Waals surface area (Å²) < 4.78 is 13.4. The molecule has 0 radical (unpaired) electrons. The van der Waals surface area contributed by atoms with Gasteiger partial charge in [0, 0.05) is 5.92 Å². The van der Waals surface area contributed by atoms with Crippen molar-refractivity contribution < 1.29 is 9.47 Å². The highest BCUT2D eigenvalue weighted by Gasteiger charge is 2.26. The fourth-order valence-electron chi connectivity index (χ4n) is 2.69. The molecule has 25 heavy (non-hydrogen) atoms. The number of ether oxygens (including phenoxy) is 2. The van der Waals surface area contributed by atoms with Crippen LogP contribution in [0, 0.1) is 6.92 Å². The Kier molecular flexibility index (Phi) is 4.09. The fraction of sp³-hybridized carbons (Fsp3) is 0.316. The summed E-state index contributed by atoms with van der Waals surface area (Å²) >= 11 is 0. The van der Waals surface area contributed by atoms with E-state index in [0.29, 0.717) is 30.0 Å². The summed E-state index contributed by atoms with van der Waals surface area (Å²) in [4.78, 5) is 0. The molecule has 0 aliphatic heterocycles. The van der Waals surface area contributed by atoms with Crippen molar-refractivity contribution in [2.45, 2.75) is 32.6 Å². The Morgan fingerprint density at radius 1 is 1.08 bits per heavy atom. The predicted octanol–water partition coefficient (Wildman–Crippen LogP) is 4.04. The summed E-state index contributed by atoms with van der Waals surface area (Å²) in [5, 5.41) is 13.2. The van der Waals surface area contributed by atoms with Gasteiger partial charge in [0.1, 0.15) is 5.75 Å². The van der Waals surface area contributed by atoms with Crippen LogP contribution in [0.25, 0.3) is 5.82 Å². The quantitative estimate of drug-likeness (QED) is 0.680. The standard InChI is InChI=1S/C19H20N4O2/c1-3-24-19-18(25-15-7-5-4-6-8-15)13(2)23(22-19)17-12-11-16(20-21-17)14-9-10-14/h4-8,11-12,14H,3,9-10H2,1-2H3. The molecule has 1 aliphatic rings. The topological polar surface area (TPSA) is 62.1 Å². The molecule has 3 aromatic rings. The molecule has 0 unspecified atom stereocenters. The Bertz CT molecular complexity index is 855. The van der Waals surface area contributed by atoms with Gasteiger partial charge < -0.3 is 9.47 Å². The maximum Gasteiger partial charge on any atom is 0.277 e. The maximum absolute atomic E-state index is 6.01. The summed E-state index contributed by atoms with van der Waals surface area (Å²) in [7, 11) is 0. The van der Waals surface area contributed by atoms with Crippen LogP contribution in [0.4, 0.5) is 0 Å². The number of nitrogens with zero attached hydrogens (tertiary/aromatic N) is 4. The SMILES string of the molecule is CCOc1nn(-c2ccc(C3CC3)nn2)c(C)c1Oc1ccccc1. The molecule has 6 nitrogen and oxygen atoms in total. The van der Waals surface area contributed by atoms with Gasteiger partial charge in [-0.2, -0.15) is 5.10 Å². The van der Waals surface area contributed by atoms with Crippen LogP contribution in [0.2, 0.25) is 0 Å². The summed E-state index contributed by atoms with van der Waals surface area (Å²) in [6, 6.07) is 13.6. The van der Waals surface area contributed by atoms with E-state index in [1.165, 1.54) is 12.8 Å². The normalized spacial score (nSPS) is 13.7. The van der Waals surface area contributed by atoms with E-state index < -0.39 is 0 Å². The van der Waals surface area contributed by atoms with Crippen LogP contribution < -0.4 is 9.47 Å². The van der Waals surface area contributed by atoms with E-state index in [0.717, 1.165) is 17.1 Å². The minimum Gasteiger partial charge on any atom is -0.474 e. The average Bonchev–Trinajstić information content (AvgIpc) is 3.45. The van der Waals surface area contributed by atoms with Crippen LogP contribution in [0.1, 0.15) is 37.1 Å². The van der Waals surface area contributed by atoms with Gasteiger partial charge in [0.15, 0.2) is 5.82 Å². The van der Waals surface area contributed by atoms with E-state index in [1.807, 2.05) is 56.3 Å². The first kappa shape index (κ1) is 15.6. The molecular formula is C19H20N4O2. The second-order valence-corrected chi connectivity index (χ2v) is 6.07. The molecule has 2 aromatic heterocycles. The van der Waals surface area contributed by atoms with Gasteiger partial charge in [-0.25, -0.2) is 4.68 Å². The first-order valence-electron chi connectivity index (χ1n) is 8.55. The molecule has 1 aliphatic carbocycles. The molecule has 0 N–H and O–H groups in total. The van der Waals surface area contributed by atoms with Gasteiger partial charge in [-0.05, 0) is 51.0 Å². The van der Waals surface area contributed by atoms with E-state index in [4.69, 9.17) is 9.47 Å². The van der Waals surface area contributed by atoms with Gasteiger partial charge in [0.2, 0.25) is 5.75 Å². The number of benzene rings is 1. The molecular weight excluding hydrogens is 316 g/mol. The van der Waals surface area contributed by atoms with Crippen LogP contribution in [-0.2, 0) is 0 Å². The van der Waals surface area contributed by atoms with Gasteiger partial charge in [-0.15, -0.1) is 10.2 Å². The molecule has 2 heterocycles. The van der Waals surface area contributed by atoms with Crippen molar-refractivity contribution in [1.29, 1.82) is 0 Å². The first-order chi connectivity index (χ1) is 12.3. The van der Waals surface area contributed by atoms with E-state index in [9.17, 15) is 0 Å². The van der Waals surface area contributed by atoms with Crippen LogP contribution in [0.5, 0.6) is 17.4 Å². The number of aromatic nitrogens is 4. The van der Waals surface area contributed by atoms with Crippen LogP contribution in [0.3, 0.4) is 0 Å². The highest BCUT2D eigenvalue weighted by molar-refractivity contribution is 5.45. The van der Waals surface area contributed by atoms with Crippen LogP contribution in [0.15, 0.2) is 42.5 Å². The van der Waals surface area contributed by atoms with E-state index in [1.54, 1.807) is 4.68 Å². The molecule has 0 amide bonds. The lowest BCUT2D eigenvalue weighted by Gasteiger charge is -2.07. The summed E-state index contributed by atoms with van der Waals surface area (Å²) in [6.45, 7) is 4.36. The largest absolute Gasteiger partial charge is 0.474 e. The summed E-state index contributed by atoms with van der Waals surface area (Å²) in [5.41, 5.74) is 1.88. The Morgan fingerprint density at radius 3 is 2.52 bits per heavy atom. The zero-order chi connectivity index (χ0) is 17.2. The number of hydrogen-bond acceptors (Lipinski definition) is 5. The Labute approximate surface area is 146 Å². The highest BCUT2D eigenvalue weighted by Crippen LogP contribution is 2.39. The number of rotatable bonds is 6. The molecule has 0 atom stereocenters. The van der Waals surface area contributed by atoms with Gasteiger partial charge in [-0.1, -0.05) is 18.2 Å². The van der Waals surface area contributed by atoms with E-state index >= 15 is 0 Å². The lowest BCUT2D eigenvalue weighted by molar-refractivity contribution is 0.308. The van der Waals surface area contributed by atoms with Crippen LogP contribution >= 0.6 is 0 Å². The average molecular weight is 336 g/mol. The summed E-state index contributed by atoms with van der Waals surface area (Å²) in [6.07, 6.45) is 2.41. The van der Waals surface area contributed by atoms with Crippen molar-refractivity contribution in [3.63, 3.8) is 0 Å².